The van der Waals surface area contributed by atoms with Crippen LogP contribution in [0.15, 0.2) is 18.2 Å². The van der Waals surface area contributed by atoms with Crippen molar-refractivity contribution in [3.63, 3.8) is 0 Å². The van der Waals surface area contributed by atoms with E-state index in [1.165, 1.54) is 25.1 Å². The van der Waals surface area contributed by atoms with Crippen LogP contribution in [0.2, 0.25) is 0 Å². The summed E-state index contributed by atoms with van der Waals surface area (Å²) in [6, 6.07) is 4.10. The number of nitrogens with zero attached hydrogens (tertiary/aromatic N) is 1. The molecule has 1 rings (SSSR count). The van der Waals surface area contributed by atoms with Gasteiger partial charge in [0.05, 0.1) is 4.92 Å². The molecule has 0 bridgehead atoms. The number of esters is 2. The van der Waals surface area contributed by atoms with Gasteiger partial charge in [0, 0.05) is 25.5 Å². The van der Waals surface area contributed by atoms with Crippen LogP contribution in [0.5, 0.6) is 5.75 Å². The van der Waals surface area contributed by atoms with E-state index in [9.17, 15) is 19.7 Å². The molecule has 0 fully saturated rings. The van der Waals surface area contributed by atoms with Crippen LogP contribution in [-0.2, 0) is 20.9 Å². The van der Waals surface area contributed by atoms with Gasteiger partial charge in [-0.1, -0.05) is 12.1 Å². The van der Waals surface area contributed by atoms with E-state index in [0.29, 0.717) is 0 Å². The first-order valence-corrected chi connectivity index (χ1v) is 5.00. The average molecular weight is 253 g/mol. The zero-order valence-electron chi connectivity index (χ0n) is 9.84. The van der Waals surface area contributed by atoms with Gasteiger partial charge in [-0.05, 0) is 0 Å². The normalized spacial score (nSPS) is 9.67. The number of benzene rings is 1. The highest BCUT2D eigenvalue weighted by molar-refractivity contribution is 5.72. The summed E-state index contributed by atoms with van der Waals surface area (Å²) in [5, 5.41) is 10.8. The lowest BCUT2D eigenvalue weighted by Gasteiger charge is -2.09. The van der Waals surface area contributed by atoms with Gasteiger partial charge in [0.15, 0.2) is 0 Å². The molecule has 1 aromatic carbocycles. The molecule has 0 aromatic heterocycles. The first-order valence-electron chi connectivity index (χ1n) is 5.00. The number of hydrogen-bond acceptors (Lipinski definition) is 6. The molecule has 18 heavy (non-hydrogen) atoms. The minimum atomic E-state index is -0.687. The molecule has 96 valence electrons. The lowest BCUT2D eigenvalue weighted by atomic mass is 10.2. The molecule has 0 N–H and O–H groups in total. The molecule has 0 atom stereocenters. The van der Waals surface area contributed by atoms with Crippen molar-refractivity contribution in [2.45, 2.75) is 20.5 Å². The Labute approximate surface area is 102 Å². The molecule has 0 heterocycles. The van der Waals surface area contributed by atoms with Crippen molar-refractivity contribution >= 4 is 17.6 Å². The Balaban J connectivity index is 3.14. The summed E-state index contributed by atoms with van der Waals surface area (Å²) in [4.78, 5) is 31.8. The zero-order valence-corrected chi connectivity index (χ0v) is 9.84. The molecular weight excluding hydrogens is 242 g/mol. The molecule has 0 saturated carbocycles. The first kappa shape index (κ1) is 13.6. The Morgan fingerprint density at radius 3 is 2.44 bits per heavy atom. The SMILES string of the molecule is CC(=O)OCc1cccc([N+](=O)[O-])c1OC(C)=O. The van der Waals surface area contributed by atoms with E-state index in [1.54, 1.807) is 0 Å². The van der Waals surface area contributed by atoms with Crippen LogP contribution in [0.25, 0.3) is 0 Å². The number of carbonyl (C=O) groups excluding carboxylic acids is 2. The molecule has 0 saturated heterocycles. The van der Waals surface area contributed by atoms with Crippen LogP contribution < -0.4 is 4.74 Å². The Bertz CT molecular complexity index is 496. The van der Waals surface area contributed by atoms with Crippen LogP contribution in [0.4, 0.5) is 5.69 Å². The molecule has 7 heteroatoms. The summed E-state index contributed by atoms with van der Waals surface area (Å²) < 4.78 is 9.53. The highest BCUT2D eigenvalue weighted by Crippen LogP contribution is 2.31. The Morgan fingerprint density at radius 1 is 1.28 bits per heavy atom. The Hall–Kier alpha value is -2.44. The fraction of sp³-hybridized carbons (Fsp3) is 0.273. The predicted molar refractivity (Wildman–Crippen MR) is 59.9 cm³/mol. The van der Waals surface area contributed by atoms with Crippen molar-refractivity contribution in [3.05, 3.63) is 33.9 Å². The molecule has 0 unspecified atom stereocenters. The Kier molecular flexibility index (Phi) is 4.36. The topological polar surface area (TPSA) is 95.7 Å². The molecule has 0 aliphatic heterocycles. The van der Waals surface area contributed by atoms with E-state index < -0.39 is 16.9 Å². The lowest BCUT2D eigenvalue weighted by Crippen LogP contribution is -2.08. The van der Waals surface area contributed by atoms with Gasteiger partial charge in [-0.25, -0.2) is 0 Å². The molecule has 1 aromatic rings. The highest BCUT2D eigenvalue weighted by atomic mass is 16.6. The number of hydrogen-bond donors (Lipinski definition) is 0. The third-order valence-electron chi connectivity index (χ3n) is 1.95. The van der Waals surface area contributed by atoms with Gasteiger partial charge in [-0.3, -0.25) is 19.7 Å². The van der Waals surface area contributed by atoms with E-state index in [0.717, 1.165) is 6.92 Å². The quantitative estimate of drug-likeness (QED) is 0.350. The van der Waals surface area contributed by atoms with Gasteiger partial charge in [-0.2, -0.15) is 0 Å². The average Bonchev–Trinajstić information content (AvgIpc) is 2.26. The summed E-state index contributed by atoms with van der Waals surface area (Å²) in [7, 11) is 0. The van der Waals surface area contributed by atoms with Gasteiger partial charge in [-0.15, -0.1) is 0 Å². The highest BCUT2D eigenvalue weighted by Gasteiger charge is 2.21. The number of ether oxygens (including phenoxy) is 2. The van der Waals surface area contributed by atoms with Crippen molar-refractivity contribution < 1.29 is 24.0 Å². The van der Waals surface area contributed by atoms with Gasteiger partial charge in [0.1, 0.15) is 6.61 Å². The molecule has 0 spiro atoms. The van der Waals surface area contributed by atoms with Crippen LogP contribution in [0.1, 0.15) is 19.4 Å². The fourth-order valence-corrected chi connectivity index (χ4v) is 1.27. The first-order chi connectivity index (χ1) is 8.41. The van der Waals surface area contributed by atoms with Gasteiger partial charge >= 0.3 is 17.6 Å². The predicted octanol–water partition coefficient (Wildman–Crippen LogP) is 1.58. The third-order valence-corrected chi connectivity index (χ3v) is 1.95. The number of rotatable bonds is 4. The van der Waals surface area contributed by atoms with Crippen molar-refractivity contribution in [2.24, 2.45) is 0 Å². The number of nitro groups is 1. The molecule has 0 aliphatic carbocycles. The molecule has 0 aliphatic rings. The molecule has 7 nitrogen and oxygen atoms in total. The van der Waals surface area contributed by atoms with Gasteiger partial charge in [0.25, 0.3) is 0 Å². The smallest absolute Gasteiger partial charge is 0.312 e. The molecule has 0 radical (unpaired) electrons. The second-order valence-corrected chi connectivity index (χ2v) is 3.40. The van der Waals surface area contributed by atoms with Crippen molar-refractivity contribution in [1.82, 2.24) is 0 Å². The van der Waals surface area contributed by atoms with E-state index in [-0.39, 0.29) is 23.6 Å². The third kappa shape index (κ3) is 3.55. The Morgan fingerprint density at radius 2 is 1.94 bits per heavy atom. The van der Waals surface area contributed by atoms with Crippen LogP contribution in [0, 0.1) is 10.1 Å². The number of para-hydroxylation sites is 1. The fourth-order valence-electron chi connectivity index (χ4n) is 1.27. The second-order valence-electron chi connectivity index (χ2n) is 3.40. The lowest BCUT2D eigenvalue weighted by molar-refractivity contribution is -0.385. The van der Waals surface area contributed by atoms with Gasteiger partial charge < -0.3 is 9.47 Å². The summed E-state index contributed by atoms with van der Waals surface area (Å²) in [5.41, 5.74) is -0.0931. The van der Waals surface area contributed by atoms with Crippen LogP contribution in [0.3, 0.4) is 0 Å². The van der Waals surface area contributed by atoms with Crippen molar-refractivity contribution in [1.29, 1.82) is 0 Å². The van der Waals surface area contributed by atoms with E-state index in [4.69, 9.17) is 9.47 Å². The summed E-state index contributed by atoms with van der Waals surface area (Å²) in [5.74, 6) is -1.42. The van der Waals surface area contributed by atoms with Crippen LogP contribution >= 0.6 is 0 Å². The van der Waals surface area contributed by atoms with E-state index >= 15 is 0 Å². The minimum absolute atomic E-state index is 0.195. The van der Waals surface area contributed by atoms with E-state index in [2.05, 4.69) is 0 Å². The zero-order chi connectivity index (χ0) is 13.7. The summed E-state index contributed by atoms with van der Waals surface area (Å²) in [6.07, 6.45) is 0. The second kappa shape index (κ2) is 5.76. The summed E-state index contributed by atoms with van der Waals surface area (Å²) in [6.45, 7) is 2.15. The maximum absolute atomic E-state index is 10.9. The molecule has 0 amide bonds. The molecular formula is C11H11NO6. The van der Waals surface area contributed by atoms with Crippen molar-refractivity contribution in [2.75, 3.05) is 0 Å². The number of carbonyl (C=O) groups is 2. The maximum atomic E-state index is 10.9. The monoisotopic (exact) mass is 253 g/mol. The van der Waals surface area contributed by atoms with Gasteiger partial charge in [0.2, 0.25) is 5.75 Å². The standard InChI is InChI=1S/C11H11NO6/c1-7(13)17-6-9-4-3-5-10(12(15)16)11(9)18-8(2)14/h3-5H,6H2,1-2H3. The van der Waals surface area contributed by atoms with E-state index in [1.807, 2.05) is 0 Å². The van der Waals surface area contributed by atoms with Crippen LogP contribution in [-0.4, -0.2) is 16.9 Å². The minimum Gasteiger partial charge on any atom is -0.461 e. The maximum Gasteiger partial charge on any atom is 0.312 e. The largest absolute Gasteiger partial charge is 0.461 e. The number of nitro benzene ring substituents is 1. The van der Waals surface area contributed by atoms with Crippen molar-refractivity contribution in [3.8, 4) is 5.75 Å². The summed E-state index contributed by atoms with van der Waals surface area (Å²) >= 11 is 0.